The van der Waals surface area contributed by atoms with Crippen LogP contribution >= 0.6 is 24.0 Å². The summed E-state index contributed by atoms with van der Waals surface area (Å²) >= 11 is 6.02. The number of H-pyrrole nitrogens is 1. The molecule has 2 aromatic rings. The van der Waals surface area contributed by atoms with Gasteiger partial charge in [0.2, 0.25) is 0 Å². The molecule has 6 nitrogen and oxygen atoms in total. The highest BCUT2D eigenvalue weighted by Gasteiger charge is 2.35. The first-order chi connectivity index (χ1) is 10.1. The molecule has 1 atom stereocenters. The molecule has 3 rings (SSSR count). The Bertz CT molecular complexity index is 721. The van der Waals surface area contributed by atoms with Crippen molar-refractivity contribution in [1.82, 2.24) is 19.6 Å². The van der Waals surface area contributed by atoms with Gasteiger partial charge in [-0.25, -0.2) is 13.4 Å². The van der Waals surface area contributed by atoms with Gasteiger partial charge in [0.05, 0.1) is 18.6 Å². The standard InChI is InChI=1S/C13H15ClN4O2S.ClH/c14-11-3-1-2-10(6-11)12-7-15-4-5-18(12)21(19,20)13-8-16-9-17-13;/h1-3,6,8-9,12,15H,4-5,7H2,(H,16,17);1H. The van der Waals surface area contributed by atoms with Gasteiger partial charge in [-0.1, -0.05) is 23.7 Å². The number of benzene rings is 1. The van der Waals surface area contributed by atoms with Crippen LogP contribution < -0.4 is 5.32 Å². The van der Waals surface area contributed by atoms with Crippen molar-refractivity contribution < 1.29 is 8.42 Å². The van der Waals surface area contributed by atoms with E-state index in [4.69, 9.17) is 11.6 Å². The van der Waals surface area contributed by atoms with Gasteiger partial charge < -0.3 is 10.3 Å². The predicted molar refractivity (Wildman–Crippen MR) is 86.8 cm³/mol. The number of rotatable bonds is 3. The summed E-state index contributed by atoms with van der Waals surface area (Å²) < 4.78 is 26.9. The summed E-state index contributed by atoms with van der Waals surface area (Å²) in [6, 6.07) is 7.00. The smallest absolute Gasteiger partial charge is 0.260 e. The van der Waals surface area contributed by atoms with Crippen LogP contribution in [0.4, 0.5) is 0 Å². The van der Waals surface area contributed by atoms with Gasteiger partial charge in [0.1, 0.15) is 0 Å². The van der Waals surface area contributed by atoms with E-state index in [9.17, 15) is 8.42 Å². The van der Waals surface area contributed by atoms with Crippen LogP contribution in [0.25, 0.3) is 0 Å². The molecule has 1 unspecified atom stereocenters. The number of aromatic amines is 1. The summed E-state index contributed by atoms with van der Waals surface area (Å²) in [5, 5.41) is 3.93. The third kappa shape index (κ3) is 3.28. The Morgan fingerprint density at radius 1 is 1.36 bits per heavy atom. The van der Waals surface area contributed by atoms with Gasteiger partial charge >= 0.3 is 0 Å². The molecule has 2 heterocycles. The number of aromatic nitrogens is 2. The molecule has 1 aromatic heterocycles. The predicted octanol–water partition coefficient (Wildman–Crippen LogP) is 1.82. The Morgan fingerprint density at radius 2 is 2.18 bits per heavy atom. The van der Waals surface area contributed by atoms with Crippen molar-refractivity contribution in [3.63, 3.8) is 0 Å². The van der Waals surface area contributed by atoms with E-state index < -0.39 is 10.0 Å². The summed E-state index contributed by atoms with van der Waals surface area (Å²) in [4.78, 5) is 6.47. The third-order valence-electron chi connectivity index (χ3n) is 3.49. The SMILES string of the molecule is Cl.O=S(=O)(c1cnc[nH]1)N1CCNCC1c1cccc(Cl)c1. The molecule has 1 aliphatic heterocycles. The second-order valence-corrected chi connectivity index (χ2v) is 7.10. The van der Waals surface area contributed by atoms with Crippen molar-refractivity contribution >= 4 is 34.0 Å². The van der Waals surface area contributed by atoms with Crippen LogP contribution in [-0.4, -0.2) is 42.3 Å². The van der Waals surface area contributed by atoms with Gasteiger partial charge in [-0.15, -0.1) is 12.4 Å². The number of hydrogen-bond donors (Lipinski definition) is 2. The van der Waals surface area contributed by atoms with E-state index >= 15 is 0 Å². The lowest BCUT2D eigenvalue weighted by molar-refractivity contribution is 0.271. The molecular weight excluding hydrogens is 347 g/mol. The van der Waals surface area contributed by atoms with Crippen LogP contribution in [0.3, 0.4) is 0 Å². The van der Waals surface area contributed by atoms with Crippen molar-refractivity contribution in [3.8, 4) is 0 Å². The van der Waals surface area contributed by atoms with Gasteiger partial charge in [-0.3, -0.25) is 0 Å². The molecule has 1 saturated heterocycles. The normalized spacial score (nSPS) is 19.6. The Morgan fingerprint density at radius 3 is 2.86 bits per heavy atom. The second kappa shape index (κ2) is 6.97. The molecule has 2 N–H and O–H groups in total. The van der Waals surface area contributed by atoms with Crippen molar-refractivity contribution in [2.24, 2.45) is 0 Å². The number of imidazole rings is 1. The minimum Gasteiger partial charge on any atom is -0.335 e. The van der Waals surface area contributed by atoms with E-state index in [1.54, 1.807) is 12.1 Å². The highest BCUT2D eigenvalue weighted by atomic mass is 35.5. The highest BCUT2D eigenvalue weighted by molar-refractivity contribution is 7.89. The number of piperazine rings is 1. The molecule has 0 saturated carbocycles. The Hall–Kier alpha value is -1.12. The van der Waals surface area contributed by atoms with Crippen molar-refractivity contribution in [1.29, 1.82) is 0 Å². The molecule has 1 fully saturated rings. The quantitative estimate of drug-likeness (QED) is 0.872. The molecule has 0 spiro atoms. The van der Waals surface area contributed by atoms with Crippen LogP contribution in [0.15, 0.2) is 41.8 Å². The number of nitrogens with zero attached hydrogens (tertiary/aromatic N) is 2. The lowest BCUT2D eigenvalue weighted by Crippen LogP contribution is -2.48. The van der Waals surface area contributed by atoms with E-state index in [0.29, 0.717) is 24.7 Å². The minimum absolute atomic E-state index is 0. The topological polar surface area (TPSA) is 78.1 Å². The summed E-state index contributed by atoms with van der Waals surface area (Å²) in [5.74, 6) is 0. The van der Waals surface area contributed by atoms with Crippen molar-refractivity contribution in [2.45, 2.75) is 11.1 Å². The third-order valence-corrected chi connectivity index (χ3v) is 5.56. The van der Waals surface area contributed by atoms with Gasteiger partial charge in [-0.2, -0.15) is 4.31 Å². The monoisotopic (exact) mass is 362 g/mol. The van der Waals surface area contributed by atoms with Crippen molar-refractivity contribution in [2.75, 3.05) is 19.6 Å². The average molecular weight is 363 g/mol. The Kier molecular flexibility index (Phi) is 5.46. The Labute approximate surface area is 140 Å². The number of sulfonamides is 1. The van der Waals surface area contributed by atoms with Crippen LogP contribution in [0.2, 0.25) is 5.02 Å². The second-order valence-electron chi connectivity index (χ2n) is 4.81. The molecule has 120 valence electrons. The van der Waals surface area contributed by atoms with Crippen molar-refractivity contribution in [3.05, 3.63) is 47.4 Å². The van der Waals surface area contributed by atoms with Gasteiger partial charge in [0.15, 0.2) is 5.03 Å². The molecule has 0 radical (unpaired) electrons. The number of nitrogens with one attached hydrogen (secondary N) is 2. The molecule has 1 aliphatic rings. The molecule has 9 heteroatoms. The summed E-state index contributed by atoms with van der Waals surface area (Å²) in [6.45, 7) is 1.57. The van der Waals surface area contributed by atoms with Crippen LogP contribution in [0.5, 0.6) is 0 Å². The molecule has 1 aromatic carbocycles. The molecule has 0 aliphatic carbocycles. The first-order valence-corrected chi connectivity index (χ1v) is 8.37. The van der Waals surface area contributed by atoms with E-state index in [0.717, 1.165) is 5.56 Å². The molecule has 0 amide bonds. The maximum Gasteiger partial charge on any atom is 0.260 e. The fraction of sp³-hybridized carbons (Fsp3) is 0.308. The zero-order valence-electron chi connectivity index (χ0n) is 11.6. The highest BCUT2D eigenvalue weighted by Crippen LogP contribution is 2.29. The minimum atomic E-state index is -3.60. The number of halogens is 2. The zero-order chi connectivity index (χ0) is 14.9. The van der Waals surface area contributed by atoms with E-state index in [2.05, 4.69) is 15.3 Å². The fourth-order valence-electron chi connectivity index (χ4n) is 2.48. The summed E-state index contributed by atoms with van der Waals surface area (Å²) in [6.07, 6.45) is 2.69. The lowest BCUT2D eigenvalue weighted by atomic mass is 10.1. The lowest BCUT2D eigenvalue weighted by Gasteiger charge is -2.35. The number of hydrogen-bond acceptors (Lipinski definition) is 4. The average Bonchev–Trinajstić information content (AvgIpc) is 3.02. The van der Waals surface area contributed by atoms with Crippen LogP contribution in [0.1, 0.15) is 11.6 Å². The van der Waals surface area contributed by atoms with E-state index in [-0.39, 0.29) is 23.5 Å². The molecule has 22 heavy (non-hydrogen) atoms. The zero-order valence-corrected chi connectivity index (χ0v) is 14.0. The first kappa shape index (κ1) is 17.2. The van der Waals surface area contributed by atoms with E-state index in [1.807, 2.05) is 12.1 Å². The van der Waals surface area contributed by atoms with Crippen LogP contribution in [0, 0.1) is 0 Å². The maximum absolute atomic E-state index is 12.7. The fourth-order valence-corrected chi connectivity index (χ4v) is 4.19. The molecular formula is C13H16Cl2N4O2S. The van der Waals surface area contributed by atoms with E-state index in [1.165, 1.54) is 16.8 Å². The maximum atomic E-state index is 12.7. The molecule has 0 bridgehead atoms. The van der Waals surface area contributed by atoms with Gasteiger partial charge in [0, 0.05) is 24.7 Å². The Balaban J connectivity index is 0.00000176. The van der Waals surface area contributed by atoms with Gasteiger partial charge in [0.25, 0.3) is 10.0 Å². The largest absolute Gasteiger partial charge is 0.335 e. The summed E-state index contributed by atoms with van der Waals surface area (Å²) in [5.41, 5.74) is 0.873. The first-order valence-electron chi connectivity index (χ1n) is 6.55. The van der Waals surface area contributed by atoms with Gasteiger partial charge in [-0.05, 0) is 17.7 Å². The summed E-state index contributed by atoms with van der Waals surface area (Å²) in [7, 11) is -3.60. The van der Waals surface area contributed by atoms with Crippen LogP contribution in [-0.2, 0) is 10.0 Å².